The van der Waals surface area contributed by atoms with Gasteiger partial charge in [0.05, 0.1) is 5.69 Å². The highest BCUT2D eigenvalue weighted by Gasteiger charge is 1.97. The molecule has 0 saturated carbocycles. The number of hydrogen-bond donors (Lipinski definition) is 0. The Kier molecular flexibility index (Phi) is 5.71. The molecule has 1 rings (SSSR count). The van der Waals surface area contributed by atoms with E-state index < -0.39 is 0 Å². The van der Waals surface area contributed by atoms with Gasteiger partial charge in [-0.05, 0) is 49.1 Å². The van der Waals surface area contributed by atoms with Gasteiger partial charge in [0, 0.05) is 17.8 Å². The van der Waals surface area contributed by atoms with Crippen molar-refractivity contribution in [3.05, 3.63) is 28.8 Å². The molecule has 0 aliphatic rings. The van der Waals surface area contributed by atoms with Crippen LogP contribution in [0.3, 0.4) is 0 Å². The number of aryl methyl sites for hydroxylation is 1. The fraction of sp³-hybridized carbons (Fsp3) is 0.417. The van der Waals surface area contributed by atoms with E-state index in [1.165, 1.54) is 6.42 Å². The van der Waals surface area contributed by atoms with Crippen LogP contribution in [0.2, 0.25) is 5.02 Å². The Morgan fingerprint density at radius 1 is 1.50 bits per heavy atom. The quantitative estimate of drug-likeness (QED) is 0.444. The highest BCUT2D eigenvalue weighted by atomic mass is 35.5. The molecule has 0 N–H and O–H groups in total. The normalized spacial score (nSPS) is 11.0. The lowest BCUT2D eigenvalue weighted by atomic mass is 10.2. The van der Waals surface area contributed by atoms with Gasteiger partial charge in [-0.25, -0.2) is 4.99 Å². The Morgan fingerprint density at radius 3 is 2.88 bits per heavy atom. The molecule has 0 spiro atoms. The van der Waals surface area contributed by atoms with Gasteiger partial charge in [-0.2, -0.15) is 0 Å². The zero-order chi connectivity index (χ0) is 12.0. The molecule has 0 heterocycles. The smallest absolute Gasteiger partial charge is 0.101 e. The fourth-order valence-electron chi connectivity index (χ4n) is 1.18. The van der Waals surface area contributed by atoms with Gasteiger partial charge in [0.15, 0.2) is 0 Å². The monoisotopic (exact) mass is 256 g/mol. The predicted molar refractivity (Wildman–Crippen MR) is 74.9 cm³/mol. The van der Waals surface area contributed by atoms with Gasteiger partial charge >= 0.3 is 0 Å². The molecule has 0 fully saturated rings. The minimum atomic E-state index is 0.755. The van der Waals surface area contributed by atoms with Crippen molar-refractivity contribution < 1.29 is 0 Å². The molecule has 4 heteroatoms. The highest BCUT2D eigenvalue weighted by molar-refractivity contribution is 7.97. The van der Waals surface area contributed by atoms with Gasteiger partial charge in [0.25, 0.3) is 0 Å². The molecule has 0 aromatic heterocycles. The van der Waals surface area contributed by atoms with Crippen molar-refractivity contribution in [3.8, 4) is 0 Å². The van der Waals surface area contributed by atoms with Crippen LogP contribution in [-0.4, -0.2) is 23.4 Å². The topological polar surface area (TPSA) is 15.6 Å². The number of rotatable bonds is 5. The molecule has 0 unspecified atom stereocenters. The van der Waals surface area contributed by atoms with Crippen LogP contribution < -0.4 is 0 Å². The van der Waals surface area contributed by atoms with Crippen molar-refractivity contribution in [2.24, 2.45) is 4.99 Å². The summed E-state index contributed by atoms with van der Waals surface area (Å²) < 4.78 is 2.03. The maximum Gasteiger partial charge on any atom is 0.101 e. The second-order valence-electron chi connectivity index (χ2n) is 3.55. The lowest BCUT2D eigenvalue weighted by Crippen LogP contribution is -2.06. The lowest BCUT2D eigenvalue weighted by Gasteiger charge is -2.10. The maximum atomic E-state index is 5.88. The summed E-state index contributed by atoms with van der Waals surface area (Å²) in [5.74, 6) is 1.11. The van der Waals surface area contributed by atoms with Crippen molar-refractivity contribution in [2.75, 3.05) is 12.8 Å². The third-order valence-corrected chi connectivity index (χ3v) is 3.34. The van der Waals surface area contributed by atoms with Crippen molar-refractivity contribution in [1.82, 2.24) is 4.31 Å². The first-order valence-electron chi connectivity index (χ1n) is 5.29. The maximum absolute atomic E-state index is 5.88. The number of benzene rings is 1. The minimum absolute atomic E-state index is 0.755. The second-order valence-corrected chi connectivity index (χ2v) is 5.23. The highest BCUT2D eigenvalue weighted by Crippen LogP contribution is 2.22. The van der Waals surface area contributed by atoms with Crippen LogP contribution in [0.25, 0.3) is 0 Å². The predicted octanol–water partition coefficient (Wildman–Crippen LogP) is 4.30. The molecule has 0 atom stereocenters. The van der Waals surface area contributed by atoms with E-state index in [4.69, 9.17) is 11.6 Å². The summed E-state index contributed by atoms with van der Waals surface area (Å²) >= 11 is 7.64. The van der Waals surface area contributed by atoms with Gasteiger partial charge in [-0.3, -0.25) is 0 Å². The summed E-state index contributed by atoms with van der Waals surface area (Å²) in [5, 5.41) is 0.755. The molecule has 0 aliphatic heterocycles. The van der Waals surface area contributed by atoms with Gasteiger partial charge in [0.2, 0.25) is 0 Å². The van der Waals surface area contributed by atoms with Gasteiger partial charge in [-0.1, -0.05) is 18.5 Å². The van der Waals surface area contributed by atoms with Crippen LogP contribution in [0.15, 0.2) is 23.2 Å². The Hall–Kier alpha value is -0.670. The molecular formula is C12H17ClN2S. The van der Waals surface area contributed by atoms with Crippen LogP contribution in [-0.2, 0) is 0 Å². The Balaban J connectivity index is 2.61. The van der Waals surface area contributed by atoms with Gasteiger partial charge in [0.1, 0.15) is 6.34 Å². The van der Waals surface area contributed by atoms with E-state index in [0.717, 1.165) is 22.0 Å². The Morgan fingerprint density at radius 2 is 2.25 bits per heavy atom. The molecule has 0 saturated heterocycles. The largest absolute Gasteiger partial charge is 0.310 e. The number of hydrogen-bond acceptors (Lipinski definition) is 2. The van der Waals surface area contributed by atoms with Crippen molar-refractivity contribution >= 4 is 35.6 Å². The SMILES string of the molecule is CCCSN(C)C=Nc1ccc(Cl)cc1C. The lowest BCUT2D eigenvalue weighted by molar-refractivity contribution is 0.864. The van der Waals surface area contributed by atoms with E-state index in [9.17, 15) is 0 Å². The van der Waals surface area contributed by atoms with E-state index in [-0.39, 0.29) is 0 Å². The van der Waals surface area contributed by atoms with Crippen molar-refractivity contribution in [2.45, 2.75) is 20.3 Å². The third kappa shape index (κ3) is 4.45. The first kappa shape index (κ1) is 13.4. The average molecular weight is 257 g/mol. The summed E-state index contributed by atoms with van der Waals surface area (Å²) in [6.45, 7) is 4.18. The molecule has 1 aromatic carbocycles. The third-order valence-electron chi connectivity index (χ3n) is 2.02. The van der Waals surface area contributed by atoms with Crippen LogP contribution >= 0.6 is 23.5 Å². The van der Waals surface area contributed by atoms with Gasteiger partial charge < -0.3 is 4.31 Å². The van der Waals surface area contributed by atoms with Crippen LogP contribution in [0.5, 0.6) is 0 Å². The Labute approximate surface area is 107 Å². The average Bonchev–Trinajstić information content (AvgIpc) is 2.25. The summed E-state index contributed by atoms with van der Waals surface area (Å²) in [6.07, 6.45) is 3.01. The van der Waals surface area contributed by atoms with Gasteiger partial charge in [-0.15, -0.1) is 0 Å². The van der Waals surface area contributed by atoms with E-state index in [1.807, 2.05) is 42.8 Å². The number of nitrogens with zero attached hydrogens (tertiary/aromatic N) is 2. The summed E-state index contributed by atoms with van der Waals surface area (Å²) in [4.78, 5) is 4.42. The summed E-state index contributed by atoms with van der Waals surface area (Å²) in [6, 6.07) is 5.72. The number of aliphatic imine (C=N–C) groups is 1. The molecular weight excluding hydrogens is 240 g/mol. The second kappa shape index (κ2) is 6.81. The molecule has 0 amide bonds. The first-order valence-corrected chi connectivity index (χ1v) is 6.61. The fourth-order valence-corrected chi connectivity index (χ4v) is 1.99. The van der Waals surface area contributed by atoms with E-state index in [0.29, 0.717) is 0 Å². The number of halogens is 1. The zero-order valence-corrected chi connectivity index (χ0v) is 11.5. The zero-order valence-electron chi connectivity index (χ0n) is 9.90. The molecule has 88 valence electrons. The summed E-state index contributed by atoms with van der Waals surface area (Å²) in [7, 11) is 2.01. The minimum Gasteiger partial charge on any atom is -0.310 e. The van der Waals surface area contributed by atoms with Crippen molar-refractivity contribution in [3.63, 3.8) is 0 Å². The van der Waals surface area contributed by atoms with Crippen LogP contribution in [0.1, 0.15) is 18.9 Å². The van der Waals surface area contributed by atoms with E-state index in [2.05, 4.69) is 11.9 Å². The molecule has 0 aliphatic carbocycles. The standard InChI is InChI=1S/C12H17ClN2S/c1-4-7-16-15(3)9-14-12-6-5-11(13)8-10(12)2/h5-6,8-9H,4,7H2,1-3H3. The molecule has 2 nitrogen and oxygen atoms in total. The molecule has 16 heavy (non-hydrogen) atoms. The van der Waals surface area contributed by atoms with Crippen LogP contribution in [0, 0.1) is 6.92 Å². The Bertz CT molecular complexity index is 366. The summed E-state index contributed by atoms with van der Waals surface area (Å²) in [5.41, 5.74) is 2.06. The first-order chi connectivity index (χ1) is 7.63. The van der Waals surface area contributed by atoms with E-state index in [1.54, 1.807) is 11.9 Å². The van der Waals surface area contributed by atoms with Crippen molar-refractivity contribution in [1.29, 1.82) is 0 Å². The molecule has 0 bridgehead atoms. The molecule has 1 aromatic rings. The van der Waals surface area contributed by atoms with Crippen LogP contribution in [0.4, 0.5) is 5.69 Å². The van der Waals surface area contributed by atoms with E-state index >= 15 is 0 Å². The molecule has 0 radical (unpaired) electrons.